The molecule has 1 heterocycles. The summed E-state index contributed by atoms with van der Waals surface area (Å²) in [6.45, 7) is 6.66. The summed E-state index contributed by atoms with van der Waals surface area (Å²) in [5.74, 6) is -0.391. The van der Waals surface area contributed by atoms with Crippen LogP contribution in [0.3, 0.4) is 0 Å². The van der Waals surface area contributed by atoms with E-state index in [1.54, 1.807) is 11.8 Å². The van der Waals surface area contributed by atoms with Crippen LogP contribution in [0.5, 0.6) is 0 Å². The third-order valence-electron chi connectivity index (χ3n) is 2.79. The first-order valence-electron chi connectivity index (χ1n) is 6.45. The zero-order valence-electron chi connectivity index (χ0n) is 11.1. The number of ether oxygens (including phenoxy) is 2. The summed E-state index contributed by atoms with van der Waals surface area (Å²) in [4.78, 5) is 25.3. The molecule has 0 saturated carbocycles. The van der Waals surface area contributed by atoms with Gasteiger partial charge in [-0.2, -0.15) is 0 Å². The van der Waals surface area contributed by atoms with Crippen LogP contribution in [-0.4, -0.2) is 62.3 Å². The van der Waals surface area contributed by atoms with Crippen molar-refractivity contribution >= 4 is 11.9 Å². The molecule has 18 heavy (non-hydrogen) atoms. The molecule has 1 atom stereocenters. The number of carbonyl (C=O) groups excluding carboxylic acids is 2. The zero-order valence-corrected chi connectivity index (χ0v) is 11.1. The Bertz CT molecular complexity index is 283. The van der Waals surface area contributed by atoms with E-state index in [4.69, 9.17) is 9.47 Å². The zero-order chi connectivity index (χ0) is 13.4. The molecule has 0 radical (unpaired) electrons. The Kier molecular flexibility index (Phi) is 6.67. The Morgan fingerprint density at radius 2 is 2.11 bits per heavy atom. The Morgan fingerprint density at radius 1 is 1.33 bits per heavy atom. The van der Waals surface area contributed by atoms with Crippen LogP contribution in [-0.2, 0) is 19.1 Å². The number of piperazine rings is 1. The summed E-state index contributed by atoms with van der Waals surface area (Å²) in [6.07, 6.45) is 0.309. The number of carbonyl (C=O) groups is 2. The minimum absolute atomic E-state index is 0.0528. The minimum Gasteiger partial charge on any atom is -0.464 e. The molecule has 104 valence electrons. The summed E-state index contributed by atoms with van der Waals surface area (Å²) in [5.41, 5.74) is 0. The SMILES string of the molecule is CCOCCC(=O)N1CCNCC1C(=O)OCC. The fourth-order valence-electron chi connectivity index (χ4n) is 1.90. The molecule has 1 fully saturated rings. The molecule has 1 rings (SSSR count). The molecule has 1 aliphatic heterocycles. The average Bonchev–Trinajstić information content (AvgIpc) is 2.39. The van der Waals surface area contributed by atoms with Gasteiger partial charge < -0.3 is 19.7 Å². The van der Waals surface area contributed by atoms with Gasteiger partial charge in [0.15, 0.2) is 0 Å². The maximum atomic E-state index is 12.0. The molecule has 1 amide bonds. The summed E-state index contributed by atoms with van der Waals surface area (Å²) in [5, 5.41) is 3.10. The van der Waals surface area contributed by atoms with Crippen LogP contribution in [0.1, 0.15) is 20.3 Å². The fraction of sp³-hybridized carbons (Fsp3) is 0.833. The summed E-state index contributed by atoms with van der Waals surface area (Å²) in [7, 11) is 0. The highest BCUT2D eigenvalue weighted by Crippen LogP contribution is 2.08. The first-order chi connectivity index (χ1) is 8.70. The number of rotatable bonds is 6. The number of amides is 1. The van der Waals surface area contributed by atoms with Crippen molar-refractivity contribution in [3.8, 4) is 0 Å². The lowest BCUT2D eigenvalue weighted by Gasteiger charge is -2.34. The molecule has 6 nitrogen and oxygen atoms in total. The van der Waals surface area contributed by atoms with Crippen molar-refractivity contribution < 1.29 is 19.1 Å². The lowest BCUT2D eigenvalue weighted by Crippen LogP contribution is -2.57. The van der Waals surface area contributed by atoms with Gasteiger partial charge in [0.25, 0.3) is 0 Å². The van der Waals surface area contributed by atoms with E-state index >= 15 is 0 Å². The first kappa shape index (κ1) is 14.9. The molecule has 1 unspecified atom stereocenters. The van der Waals surface area contributed by atoms with Gasteiger partial charge in [0.05, 0.1) is 19.6 Å². The molecular weight excluding hydrogens is 236 g/mol. The predicted molar refractivity (Wildman–Crippen MR) is 66.1 cm³/mol. The van der Waals surface area contributed by atoms with Crippen LogP contribution in [0.25, 0.3) is 0 Å². The summed E-state index contributed by atoms with van der Waals surface area (Å²) >= 11 is 0. The van der Waals surface area contributed by atoms with Gasteiger partial charge in [0.1, 0.15) is 6.04 Å². The van der Waals surface area contributed by atoms with Crippen molar-refractivity contribution in [1.82, 2.24) is 10.2 Å². The molecule has 6 heteroatoms. The quantitative estimate of drug-likeness (QED) is 0.527. The Morgan fingerprint density at radius 3 is 2.78 bits per heavy atom. The standard InChI is InChI=1S/C12H22N2O4/c1-3-17-8-5-11(15)14-7-6-13-9-10(14)12(16)18-4-2/h10,13H,3-9H2,1-2H3. The summed E-state index contributed by atoms with van der Waals surface area (Å²) < 4.78 is 10.1. The van der Waals surface area contributed by atoms with Crippen LogP contribution < -0.4 is 5.32 Å². The Labute approximate surface area is 108 Å². The predicted octanol–water partition coefficient (Wildman–Crippen LogP) is -0.223. The van der Waals surface area contributed by atoms with Gasteiger partial charge in [0.2, 0.25) is 5.91 Å². The normalized spacial score (nSPS) is 19.7. The maximum Gasteiger partial charge on any atom is 0.330 e. The van der Waals surface area contributed by atoms with Crippen LogP contribution in [0.15, 0.2) is 0 Å². The second-order valence-corrected chi connectivity index (χ2v) is 4.01. The average molecular weight is 258 g/mol. The van der Waals surface area contributed by atoms with Crippen LogP contribution in [0.4, 0.5) is 0 Å². The van der Waals surface area contributed by atoms with Gasteiger partial charge in [-0.25, -0.2) is 4.79 Å². The van der Waals surface area contributed by atoms with Crippen LogP contribution >= 0.6 is 0 Å². The van der Waals surface area contributed by atoms with Gasteiger partial charge in [-0.3, -0.25) is 4.79 Å². The van der Waals surface area contributed by atoms with Crippen molar-refractivity contribution in [3.63, 3.8) is 0 Å². The highest BCUT2D eigenvalue weighted by Gasteiger charge is 2.32. The molecule has 0 bridgehead atoms. The van der Waals surface area contributed by atoms with Crippen molar-refractivity contribution in [3.05, 3.63) is 0 Å². The number of hydrogen-bond donors (Lipinski definition) is 1. The molecule has 1 N–H and O–H groups in total. The third-order valence-corrected chi connectivity index (χ3v) is 2.79. The van der Waals surface area contributed by atoms with E-state index in [0.717, 1.165) is 0 Å². The smallest absolute Gasteiger partial charge is 0.330 e. The van der Waals surface area contributed by atoms with Gasteiger partial charge in [-0.1, -0.05) is 0 Å². The highest BCUT2D eigenvalue weighted by atomic mass is 16.5. The molecule has 0 aromatic carbocycles. The molecular formula is C12H22N2O4. The molecule has 1 aliphatic rings. The number of hydrogen-bond acceptors (Lipinski definition) is 5. The van der Waals surface area contributed by atoms with Gasteiger partial charge in [-0.15, -0.1) is 0 Å². The second kappa shape index (κ2) is 8.05. The van der Waals surface area contributed by atoms with Crippen LogP contribution in [0, 0.1) is 0 Å². The van der Waals surface area contributed by atoms with E-state index in [9.17, 15) is 9.59 Å². The van der Waals surface area contributed by atoms with Crippen LogP contribution in [0.2, 0.25) is 0 Å². The number of nitrogens with one attached hydrogen (secondary N) is 1. The van der Waals surface area contributed by atoms with Crippen molar-refractivity contribution in [2.75, 3.05) is 39.5 Å². The summed E-state index contributed by atoms with van der Waals surface area (Å²) in [6, 6.07) is -0.507. The van der Waals surface area contributed by atoms with Crippen molar-refractivity contribution in [2.24, 2.45) is 0 Å². The van der Waals surface area contributed by atoms with Crippen molar-refractivity contribution in [2.45, 2.75) is 26.3 Å². The van der Waals surface area contributed by atoms with Gasteiger partial charge in [-0.05, 0) is 13.8 Å². The Hall–Kier alpha value is -1.14. The largest absolute Gasteiger partial charge is 0.464 e. The van der Waals surface area contributed by atoms with E-state index in [1.807, 2.05) is 6.92 Å². The number of nitrogens with zero attached hydrogens (tertiary/aromatic N) is 1. The Balaban J connectivity index is 2.52. The fourth-order valence-corrected chi connectivity index (χ4v) is 1.90. The second-order valence-electron chi connectivity index (χ2n) is 4.01. The topological polar surface area (TPSA) is 67.9 Å². The molecule has 0 aliphatic carbocycles. The molecule has 0 aromatic heterocycles. The van der Waals surface area contributed by atoms with E-state index in [-0.39, 0.29) is 11.9 Å². The molecule has 0 aromatic rings. The minimum atomic E-state index is -0.507. The third kappa shape index (κ3) is 4.27. The lowest BCUT2D eigenvalue weighted by atomic mass is 10.1. The van der Waals surface area contributed by atoms with E-state index in [1.165, 1.54) is 0 Å². The monoisotopic (exact) mass is 258 g/mol. The van der Waals surface area contributed by atoms with Crippen molar-refractivity contribution in [1.29, 1.82) is 0 Å². The van der Waals surface area contributed by atoms with E-state index in [2.05, 4.69) is 5.32 Å². The van der Waals surface area contributed by atoms with Gasteiger partial charge in [0, 0.05) is 26.2 Å². The van der Waals surface area contributed by atoms with E-state index < -0.39 is 6.04 Å². The molecule has 0 spiro atoms. The molecule has 1 saturated heterocycles. The lowest BCUT2D eigenvalue weighted by molar-refractivity contribution is -0.156. The van der Waals surface area contributed by atoms with Gasteiger partial charge >= 0.3 is 5.97 Å². The number of esters is 1. The highest BCUT2D eigenvalue weighted by molar-refractivity contribution is 5.85. The maximum absolute atomic E-state index is 12.0. The van der Waals surface area contributed by atoms with E-state index in [0.29, 0.717) is 45.9 Å². The first-order valence-corrected chi connectivity index (χ1v) is 6.45.